The number of aromatic nitrogens is 1. The summed E-state index contributed by atoms with van der Waals surface area (Å²) in [4.78, 5) is 26.0. The number of amides is 1. The lowest BCUT2D eigenvalue weighted by Gasteiger charge is -2.46. The topological polar surface area (TPSA) is 71.8 Å². The van der Waals surface area contributed by atoms with Crippen molar-refractivity contribution in [1.29, 1.82) is 0 Å². The molecule has 1 aromatic rings. The van der Waals surface area contributed by atoms with E-state index in [0.717, 1.165) is 6.42 Å². The van der Waals surface area contributed by atoms with E-state index in [1.54, 1.807) is 22.6 Å². The SMILES string of the molecule is Cc1cn2c(c(O)c1=O)C(=O)N1[C@H](C)C[C@@H](C)O[C@H]1C2. The van der Waals surface area contributed by atoms with E-state index < -0.39 is 11.2 Å². The molecule has 1 aromatic heterocycles. The number of hydrogen-bond acceptors (Lipinski definition) is 4. The molecule has 0 bridgehead atoms. The van der Waals surface area contributed by atoms with Gasteiger partial charge in [0, 0.05) is 17.8 Å². The molecule has 0 aromatic carbocycles. The number of aromatic hydroxyl groups is 1. The highest BCUT2D eigenvalue weighted by Crippen LogP contribution is 2.31. The first-order chi connectivity index (χ1) is 9.40. The van der Waals surface area contributed by atoms with Gasteiger partial charge in [-0.3, -0.25) is 9.59 Å². The standard InChI is InChI=1S/C14H18N2O4/c1-7-5-15-6-10-16(8(2)4-9(3)20-10)14(19)11(15)13(18)12(7)17/h5,8-10,18H,4,6H2,1-3H3/t8-,9-,10+/m1/s1. The second-order valence-electron chi connectivity index (χ2n) is 5.69. The molecule has 0 aliphatic carbocycles. The number of hydrogen-bond donors (Lipinski definition) is 1. The Morgan fingerprint density at radius 1 is 1.35 bits per heavy atom. The third kappa shape index (κ3) is 1.75. The van der Waals surface area contributed by atoms with Gasteiger partial charge in [0.25, 0.3) is 5.91 Å². The van der Waals surface area contributed by atoms with Gasteiger partial charge in [0.1, 0.15) is 0 Å². The first-order valence-corrected chi connectivity index (χ1v) is 6.81. The largest absolute Gasteiger partial charge is 0.503 e. The van der Waals surface area contributed by atoms with Gasteiger partial charge in [-0.25, -0.2) is 0 Å². The monoisotopic (exact) mass is 278 g/mol. The van der Waals surface area contributed by atoms with Gasteiger partial charge in [-0.15, -0.1) is 0 Å². The van der Waals surface area contributed by atoms with Gasteiger partial charge in [0.2, 0.25) is 5.43 Å². The molecular weight excluding hydrogens is 260 g/mol. The molecule has 2 aliphatic heterocycles. The summed E-state index contributed by atoms with van der Waals surface area (Å²) in [6, 6.07) is 0.0285. The summed E-state index contributed by atoms with van der Waals surface area (Å²) >= 11 is 0. The van der Waals surface area contributed by atoms with E-state index >= 15 is 0 Å². The van der Waals surface area contributed by atoms with Crippen molar-refractivity contribution in [3.63, 3.8) is 0 Å². The average molecular weight is 278 g/mol. The summed E-state index contributed by atoms with van der Waals surface area (Å²) < 4.78 is 7.45. The fourth-order valence-electron chi connectivity index (χ4n) is 3.17. The molecule has 1 amide bonds. The number of rotatable bonds is 0. The van der Waals surface area contributed by atoms with Crippen molar-refractivity contribution in [2.24, 2.45) is 0 Å². The first-order valence-electron chi connectivity index (χ1n) is 6.81. The van der Waals surface area contributed by atoms with Crippen LogP contribution in [0.2, 0.25) is 0 Å². The molecule has 3 rings (SSSR count). The van der Waals surface area contributed by atoms with E-state index in [2.05, 4.69) is 0 Å². The van der Waals surface area contributed by atoms with Crippen molar-refractivity contribution in [3.8, 4) is 5.75 Å². The van der Waals surface area contributed by atoms with Gasteiger partial charge in [0.15, 0.2) is 17.7 Å². The number of aryl methyl sites for hydroxylation is 1. The quantitative estimate of drug-likeness (QED) is 0.763. The summed E-state index contributed by atoms with van der Waals surface area (Å²) in [6.45, 7) is 6.01. The minimum atomic E-state index is -0.484. The molecule has 3 heterocycles. The Labute approximate surface area is 116 Å². The number of nitrogens with zero attached hydrogens (tertiary/aromatic N) is 2. The predicted octanol–water partition coefficient (Wildman–Crippen LogP) is 0.842. The van der Waals surface area contributed by atoms with E-state index in [1.807, 2.05) is 13.8 Å². The molecule has 1 fully saturated rings. The molecule has 0 spiro atoms. The summed E-state index contributed by atoms with van der Waals surface area (Å²) in [5, 5.41) is 10.0. The molecule has 20 heavy (non-hydrogen) atoms. The van der Waals surface area contributed by atoms with Crippen LogP contribution in [0.5, 0.6) is 5.75 Å². The van der Waals surface area contributed by atoms with Gasteiger partial charge < -0.3 is 19.3 Å². The highest BCUT2D eigenvalue weighted by molar-refractivity contribution is 5.96. The third-order valence-electron chi connectivity index (χ3n) is 4.07. The Balaban J connectivity index is 2.13. The molecule has 1 N–H and O–H groups in total. The van der Waals surface area contributed by atoms with Crippen molar-refractivity contribution < 1.29 is 14.6 Å². The zero-order chi connectivity index (χ0) is 14.6. The Hall–Kier alpha value is -1.82. The Kier molecular flexibility index (Phi) is 2.86. The van der Waals surface area contributed by atoms with Gasteiger partial charge in [0.05, 0.1) is 12.6 Å². The van der Waals surface area contributed by atoms with Crippen LogP contribution in [0.25, 0.3) is 0 Å². The Morgan fingerprint density at radius 2 is 2.05 bits per heavy atom. The molecule has 2 aliphatic rings. The normalized spacial score (nSPS) is 29.1. The number of fused-ring (bicyclic) bond motifs is 2. The summed E-state index contributed by atoms with van der Waals surface area (Å²) in [5.41, 5.74) is 0.00765. The van der Waals surface area contributed by atoms with Gasteiger partial charge >= 0.3 is 0 Å². The second kappa shape index (κ2) is 4.34. The molecule has 0 radical (unpaired) electrons. The van der Waals surface area contributed by atoms with Crippen LogP contribution in [-0.2, 0) is 11.3 Å². The van der Waals surface area contributed by atoms with Gasteiger partial charge in [-0.05, 0) is 27.2 Å². The number of pyridine rings is 1. The van der Waals surface area contributed by atoms with Crippen LogP contribution in [0.3, 0.4) is 0 Å². The molecule has 6 heteroatoms. The first kappa shape index (κ1) is 13.2. The summed E-state index contributed by atoms with van der Waals surface area (Å²) in [7, 11) is 0. The molecule has 0 unspecified atom stereocenters. The van der Waals surface area contributed by atoms with Crippen molar-refractivity contribution in [2.75, 3.05) is 0 Å². The fourth-order valence-corrected chi connectivity index (χ4v) is 3.17. The number of carbonyl (C=O) groups excluding carboxylic acids is 1. The number of ether oxygens (including phenoxy) is 1. The lowest BCUT2D eigenvalue weighted by atomic mass is 10.0. The Bertz CT molecular complexity index is 637. The zero-order valence-electron chi connectivity index (χ0n) is 11.8. The predicted molar refractivity (Wildman–Crippen MR) is 71.7 cm³/mol. The van der Waals surface area contributed by atoms with Crippen molar-refractivity contribution in [1.82, 2.24) is 9.47 Å². The van der Waals surface area contributed by atoms with Crippen LogP contribution in [0.15, 0.2) is 11.0 Å². The minimum absolute atomic E-state index is 0.0285. The summed E-state index contributed by atoms with van der Waals surface area (Å²) in [5.74, 6) is -0.797. The van der Waals surface area contributed by atoms with E-state index in [4.69, 9.17) is 4.74 Å². The van der Waals surface area contributed by atoms with E-state index in [-0.39, 0.29) is 30.0 Å². The molecule has 1 saturated heterocycles. The van der Waals surface area contributed by atoms with Crippen LogP contribution in [-0.4, -0.2) is 38.9 Å². The maximum atomic E-state index is 12.6. The highest BCUT2D eigenvalue weighted by atomic mass is 16.5. The third-order valence-corrected chi connectivity index (χ3v) is 4.07. The maximum Gasteiger partial charge on any atom is 0.276 e. The average Bonchev–Trinajstić information content (AvgIpc) is 2.34. The van der Waals surface area contributed by atoms with Crippen LogP contribution < -0.4 is 5.43 Å². The van der Waals surface area contributed by atoms with E-state index in [9.17, 15) is 14.7 Å². The molecular formula is C14H18N2O4. The van der Waals surface area contributed by atoms with Crippen molar-refractivity contribution in [2.45, 2.75) is 52.1 Å². The maximum absolute atomic E-state index is 12.6. The van der Waals surface area contributed by atoms with E-state index in [0.29, 0.717) is 12.1 Å². The Morgan fingerprint density at radius 3 is 2.75 bits per heavy atom. The van der Waals surface area contributed by atoms with Crippen molar-refractivity contribution in [3.05, 3.63) is 27.7 Å². The molecule has 108 valence electrons. The van der Waals surface area contributed by atoms with Crippen molar-refractivity contribution >= 4 is 5.91 Å². The smallest absolute Gasteiger partial charge is 0.276 e. The van der Waals surface area contributed by atoms with E-state index in [1.165, 1.54) is 0 Å². The fraction of sp³-hybridized carbons (Fsp3) is 0.571. The lowest BCUT2D eigenvalue weighted by molar-refractivity contribution is -0.146. The zero-order valence-corrected chi connectivity index (χ0v) is 11.8. The lowest BCUT2D eigenvalue weighted by Crippen LogP contribution is -2.58. The minimum Gasteiger partial charge on any atom is -0.503 e. The van der Waals surface area contributed by atoms with Crippen LogP contribution in [0.4, 0.5) is 0 Å². The molecule has 3 atom stereocenters. The van der Waals surface area contributed by atoms with Crippen LogP contribution in [0.1, 0.15) is 36.3 Å². The molecule has 6 nitrogen and oxygen atoms in total. The van der Waals surface area contributed by atoms with Gasteiger partial charge in [-0.2, -0.15) is 0 Å². The molecule has 0 saturated carbocycles. The van der Waals surface area contributed by atoms with Crippen LogP contribution >= 0.6 is 0 Å². The van der Waals surface area contributed by atoms with Gasteiger partial charge in [-0.1, -0.05) is 0 Å². The highest BCUT2D eigenvalue weighted by Gasteiger charge is 2.42. The second-order valence-corrected chi connectivity index (χ2v) is 5.69. The van der Waals surface area contributed by atoms with Crippen LogP contribution in [0, 0.1) is 6.92 Å². The summed E-state index contributed by atoms with van der Waals surface area (Å²) in [6.07, 6.45) is 2.11. The number of carbonyl (C=O) groups is 1.